The smallest absolute Gasteiger partial charge is 0.0715 e. The van der Waals surface area contributed by atoms with E-state index < -0.39 is 0 Å². The van der Waals surface area contributed by atoms with Gasteiger partial charge in [0.1, 0.15) is 0 Å². The highest BCUT2D eigenvalue weighted by Gasteiger charge is 1.90. The Morgan fingerprint density at radius 2 is 2.08 bits per heavy atom. The Hall–Kier alpha value is -1.84. The first kappa shape index (κ1) is 7.79. The molecule has 1 aromatic heterocycles. The van der Waals surface area contributed by atoms with Crippen molar-refractivity contribution in [2.45, 2.75) is 6.54 Å². The third kappa shape index (κ3) is 2.05. The van der Waals surface area contributed by atoms with Crippen molar-refractivity contribution in [2.24, 2.45) is 0 Å². The number of rotatable bonds is 3. The van der Waals surface area contributed by atoms with Crippen LogP contribution < -0.4 is 5.43 Å². The second-order valence-corrected chi connectivity index (χ2v) is 2.67. The number of hydrogen-bond donors (Lipinski definition) is 1. The monoisotopic (exact) mass is 174 g/mol. The maximum atomic E-state index is 3.79. The van der Waals surface area contributed by atoms with Gasteiger partial charge in [-0.2, -0.15) is 4.79 Å². The van der Waals surface area contributed by atoms with E-state index in [1.165, 1.54) is 5.56 Å². The Labute approximate surface area is 76.2 Å². The highest BCUT2D eigenvalue weighted by Crippen LogP contribution is 1.97. The van der Waals surface area contributed by atoms with E-state index in [2.05, 4.69) is 27.9 Å². The van der Waals surface area contributed by atoms with Crippen molar-refractivity contribution in [3.63, 3.8) is 0 Å². The summed E-state index contributed by atoms with van der Waals surface area (Å²) >= 11 is 0. The van der Waals surface area contributed by atoms with E-state index in [0.29, 0.717) is 0 Å². The van der Waals surface area contributed by atoms with Crippen LogP contribution in [0.3, 0.4) is 0 Å². The Balaban J connectivity index is 1.94. The van der Waals surface area contributed by atoms with Crippen molar-refractivity contribution >= 4 is 0 Å². The first-order valence-electron chi connectivity index (χ1n) is 4.09. The summed E-state index contributed by atoms with van der Waals surface area (Å²) in [7, 11) is 0. The van der Waals surface area contributed by atoms with Gasteiger partial charge < -0.3 is 5.43 Å². The van der Waals surface area contributed by atoms with E-state index in [1.807, 2.05) is 18.2 Å². The minimum absolute atomic E-state index is 0.754. The summed E-state index contributed by atoms with van der Waals surface area (Å²) in [5.41, 5.74) is 4.30. The summed E-state index contributed by atoms with van der Waals surface area (Å²) in [5, 5.41) is 7.47. The Bertz CT molecular complexity index is 341. The van der Waals surface area contributed by atoms with E-state index in [0.717, 1.165) is 6.54 Å². The fraction of sp³-hybridized carbons (Fsp3) is 0.111. The molecule has 0 radical (unpaired) electrons. The van der Waals surface area contributed by atoms with Gasteiger partial charge in [-0.15, -0.1) is 5.10 Å². The fourth-order valence-electron chi connectivity index (χ4n) is 1.06. The van der Waals surface area contributed by atoms with Gasteiger partial charge in [0.2, 0.25) is 0 Å². The number of nitrogens with zero attached hydrogens (tertiary/aromatic N) is 3. The summed E-state index contributed by atoms with van der Waals surface area (Å²) in [6, 6.07) is 10.1. The molecule has 0 bridgehead atoms. The standard InChI is InChI=1S/C9H10N4/c1-2-4-9(5-3-1)8-11-13-7-6-10-12-13/h1-7,11H,8H2. The zero-order chi connectivity index (χ0) is 8.93. The average Bonchev–Trinajstić information content (AvgIpc) is 2.69. The van der Waals surface area contributed by atoms with Crippen LogP contribution in [0.5, 0.6) is 0 Å². The Kier molecular flexibility index (Phi) is 2.22. The molecule has 0 spiro atoms. The topological polar surface area (TPSA) is 42.7 Å². The molecule has 0 aliphatic rings. The zero-order valence-electron chi connectivity index (χ0n) is 7.09. The minimum atomic E-state index is 0.754. The van der Waals surface area contributed by atoms with Crippen molar-refractivity contribution in [1.82, 2.24) is 15.1 Å². The van der Waals surface area contributed by atoms with E-state index in [9.17, 15) is 0 Å². The first-order valence-corrected chi connectivity index (χ1v) is 4.09. The molecule has 2 rings (SSSR count). The molecule has 0 atom stereocenters. The third-order valence-electron chi connectivity index (χ3n) is 1.71. The van der Waals surface area contributed by atoms with Crippen LogP contribution >= 0.6 is 0 Å². The molecule has 1 aromatic carbocycles. The van der Waals surface area contributed by atoms with Gasteiger partial charge in [0.25, 0.3) is 0 Å². The molecule has 1 heterocycles. The molecule has 0 fully saturated rings. The Morgan fingerprint density at radius 3 is 2.77 bits per heavy atom. The van der Waals surface area contributed by atoms with Crippen molar-refractivity contribution in [1.29, 1.82) is 0 Å². The highest BCUT2D eigenvalue weighted by atomic mass is 15.6. The minimum Gasteiger partial charge on any atom is -0.304 e. The maximum Gasteiger partial charge on any atom is 0.0715 e. The van der Waals surface area contributed by atoms with Gasteiger partial charge in [-0.3, -0.25) is 0 Å². The molecule has 0 amide bonds. The quantitative estimate of drug-likeness (QED) is 0.755. The first-order chi connectivity index (χ1) is 6.45. The zero-order valence-corrected chi connectivity index (χ0v) is 7.09. The van der Waals surface area contributed by atoms with Crippen LogP contribution in [-0.4, -0.2) is 15.1 Å². The molecule has 0 saturated heterocycles. The van der Waals surface area contributed by atoms with Crippen LogP contribution in [-0.2, 0) is 6.54 Å². The number of nitrogens with one attached hydrogen (secondary N) is 1. The highest BCUT2D eigenvalue weighted by molar-refractivity contribution is 5.15. The summed E-state index contributed by atoms with van der Waals surface area (Å²) in [4.78, 5) is 1.59. The lowest BCUT2D eigenvalue weighted by Crippen LogP contribution is -2.14. The van der Waals surface area contributed by atoms with Crippen molar-refractivity contribution in [2.75, 3.05) is 5.43 Å². The van der Waals surface area contributed by atoms with Gasteiger partial charge in [-0.1, -0.05) is 30.3 Å². The normalized spacial score (nSPS) is 9.85. The predicted molar refractivity (Wildman–Crippen MR) is 49.5 cm³/mol. The lowest BCUT2D eigenvalue weighted by atomic mass is 10.2. The van der Waals surface area contributed by atoms with Crippen LogP contribution in [0.25, 0.3) is 0 Å². The summed E-state index contributed by atoms with van der Waals surface area (Å²) in [6.45, 7) is 0.754. The van der Waals surface area contributed by atoms with E-state index in [1.54, 1.807) is 17.2 Å². The lowest BCUT2D eigenvalue weighted by Gasteiger charge is -2.03. The lowest BCUT2D eigenvalue weighted by molar-refractivity contribution is 0.690. The van der Waals surface area contributed by atoms with Crippen LogP contribution in [0.15, 0.2) is 42.7 Å². The molecule has 0 aliphatic carbocycles. The largest absolute Gasteiger partial charge is 0.304 e. The molecular weight excluding hydrogens is 164 g/mol. The summed E-state index contributed by atoms with van der Waals surface area (Å²) in [6.07, 6.45) is 3.40. The van der Waals surface area contributed by atoms with Crippen LogP contribution in [0, 0.1) is 0 Å². The fourth-order valence-corrected chi connectivity index (χ4v) is 1.06. The number of aromatic nitrogens is 3. The second kappa shape index (κ2) is 3.71. The molecule has 0 saturated carbocycles. The van der Waals surface area contributed by atoms with E-state index in [4.69, 9.17) is 0 Å². The molecule has 13 heavy (non-hydrogen) atoms. The summed E-state index contributed by atoms with van der Waals surface area (Å²) < 4.78 is 0. The predicted octanol–water partition coefficient (Wildman–Crippen LogP) is 1.02. The second-order valence-electron chi connectivity index (χ2n) is 2.67. The van der Waals surface area contributed by atoms with E-state index in [-0.39, 0.29) is 0 Å². The SMILES string of the molecule is c1ccc(CNn2ccnn2)cc1. The van der Waals surface area contributed by atoms with Crippen molar-refractivity contribution < 1.29 is 0 Å². The van der Waals surface area contributed by atoms with Crippen molar-refractivity contribution in [3.8, 4) is 0 Å². The van der Waals surface area contributed by atoms with E-state index >= 15 is 0 Å². The number of hydrogen-bond acceptors (Lipinski definition) is 3. The van der Waals surface area contributed by atoms with Gasteiger partial charge in [-0.05, 0) is 10.8 Å². The molecule has 4 heteroatoms. The molecule has 1 N–H and O–H groups in total. The maximum absolute atomic E-state index is 3.79. The third-order valence-corrected chi connectivity index (χ3v) is 1.71. The van der Waals surface area contributed by atoms with Crippen LogP contribution in [0.4, 0.5) is 0 Å². The van der Waals surface area contributed by atoms with Gasteiger partial charge in [0.05, 0.1) is 18.9 Å². The van der Waals surface area contributed by atoms with Gasteiger partial charge >= 0.3 is 0 Å². The van der Waals surface area contributed by atoms with Gasteiger partial charge in [0, 0.05) is 0 Å². The Morgan fingerprint density at radius 1 is 1.23 bits per heavy atom. The molecule has 2 aromatic rings. The average molecular weight is 174 g/mol. The molecule has 4 nitrogen and oxygen atoms in total. The van der Waals surface area contributed by atoms with Crippen molar-refractivity contribution in [3.05, 3.63) is 48.3 Å². The number of benzene rings is 1. The van der Waals surface area contributed by atoms with Gasteiger partial charge in [0.15, 0.2) is 0 Å². The molecule has 66 valence electrons. The molecular formula is C9H10N4. The van der Waals surface area contributed by atoms with Crippen LogP contribution in [0.1, 0.15) is 5.56 Å². The van der Waals surface area contributed by atoms with Crippen LogP contribution in [0.2, 0.25) is 0 Å². The molecule has 0 aliphatic heterocycles. The molecule has 0 unspecified atom stereocenters. The summed E-state index contributed by atoms with van der Waals surface area (Å²) in [5.74, 6) is 0. The van der Waals surface area contributed by atoms with Gasteiger partial charge in [-0.25, -0.2) is 0 Å².